The van der Waals surface area contributed by atoms with Gasteiger partial charge in [-0.15, -0.1) is 0 Å². The largest absolute Gasteiger partial charge is 0.463 e. The highest BCUT2D eigenvalue weighted by atomic mass is 16.5. The number of esters is 1. The zero-order valence-corrected chi connectivity index (χ0v) is 25.9. The molecule has 0 aromatic carbocycles. The quantitative estimate of drug-likeness (QED) is 0.228. The first kappa shape index (κ1) is 35.6. The average molecular weight is 539 g/mol. The molecule has 1 unspecified atom stereocenters. The van der Waals surface area contributed by atoms with Crippen LogP contribution in [0.15, 0.2) is 11.6 Å². The molecule has 0 aliphatic heterocycles. The average Bonchev–Trinajstić information content (AvgIpc) is 2.86. The Labute approximate surface area is 230 Å². The molecule has 0 saturated heterocycles. The van der Waals surface area contributed by atoms with Crippen molar-refractivity contribution < 1.29 is 23.9 Å². The van der Waals surface area contributed by atoms with E-state index in [1.165, 1.54) is 0 Å². The minimum Gasteiger partial charge on any atom is -0.463 e. The van der Waals surface area contributed by atoms with Gasteiger partial charge in [-0.2, -0.15) is 0 Å². The van der Waals surface area contributed by atoms with Crippen molar-refractivity contribution in [2.24, 2.45) is 17.1 Å². The number of hydrogen-bond donors (Lipinski definition) is 3. The van der Waals surface area contributed by atoms with Gasteiger partial charge in [0.25, 0.3) is 0 Å². The van der Waals surface area contributed by atoms with Crippen LogP contribution in [-0.4, -0.2) is 65.4 Å². The summed E-state index contributed by atoms with van der Waals surface area (Å²) in [5.74, 6) is -1.53. The van der Waals surface area contributed by atoms with Crippen molar-refractivity contribution in [2.45, 2.75) is 125 Å². The first-order chi connectivity index (χ1) is 17.4. The maximum Gasteiger partial charge on any atom is 0.333 e. The molecule has 2 atom stereocenters. The molecule has 220 valence electrons. The molecule has 0 rings (SSSR count). The molecule has 4 N–H and O–H groups in total. The Hall–Kier alpha value is -2.42. The van der Waals surface area contributed by atoms with Gasteiger partial charge in [0.05, 0.1) is 18.2 Å². The van der Waals surface area contributed by atoms with Crippen LogP contribution in [0.25, 0.3) is 0 Å². The van der Waals surface area contributed by atoms with E-state index in [1.807, 2.05) is 62.3 Å². The molecule has 0 aromatic heterocycles. The normalized spacial score (nSPS) is 14.5. The Morgan fingerprint density at radius 2 is 1.42 bits per heavy atom. The second-order valence-corrected chi connectivity index (χ2v) is 11.6. The van der Waals surface area contributed by atoms with E-state index in [-0.39, 0.29) is 24.3 Å². The number of nitrogens with zero attached hydrogens (tertiary/aromatic N) is 1. The highest BCUT2D eigenvalue weighted by Crippen LogP contribution is 2.26. The van der Waals surface area contributed by atoms with Gasteiger partial charge in [0.1, 0.15) is 11.6 Å². The van der Waals surface area contributed by atoms with E-state index in [9.17, 15) is 19.2 Å². The van der Waals surface area contributed by atoms with Crippen LogP contribution in [0.1, 0.15) is 102 Å². The zero-order valence-electron chi connectivity index (χ0n) is 25.9. The molecular weight excluding hydrogens is 484 g/mol. The standard InChI is InChI=1S/C29H54N4O5/c1-13-28(30,14-2)25(36)32-29(15-3,16-4)26(37)31-22(27(9,10)11)23(34)33(12)21(19(6)7)18-20(8)24(35)38-17-5/h18-19,21-22H,13-17,30H2,1-12H3,(H,31,37)(H,32,36)/b20-18+/t21-,22?/m1/s1. The molecule has 0 aliphatic carbocycles. The Morgan fingerprint density at radius 1 is 0.921 bits per heavy atom. The van der Waals surface area contributed by atoms with Crippen molar-refractivity contribution in [1.29, 1.82) is 0 Å². The molecule has 0 aliphatic rings. The maximum absolute atomic E-state index is 13.9. The van der Waals surface area contributed by atoms with Crippen molar-refractivity contribution in [3.63, 3.8) is 0 Å². The van der Waals surface area contributed by atoms with E-state index in [0.717, 1.165) is 0 Å². The number of ether oxygens (including phenoxy) is 1. The van der Waals surface area contributed by atoms with E-state index in [1.54, 1.807) is 31.9 Å². The Morgan fingerprint density at radius 3 is 1.79 bits per heavy atom. The Bertz CT molecular complexity index is 852. The molecule has 0 fully saturated rings. The molecule has 0 radical (unpaired) electrons. The summed E-state index contributed by atoms with van der Waals surface area (Å²) in [6.45, 7) is 20.6. The van der Waals surface area contributed by atoms with E-state index in [0.29, 0.717) is 31.3 Å². The molecule has 0 aromatic rings. The van der Waals surface area contributed by atoms with Gasteiger partial charge < -0.3 is 26.0 Å². The molecule has 0 spiro atoms. The van der Waals surface area contributed by atoms with E-state index < -0.39 is 40.5 Å². The number of rotatable bonds is 14. The van der Waals surface area contributed by atoms with Crippen molar-refractivity contribution in [1.82, 2.24) is 15.5 Å². The molecule has 0 bridgehead atoms. The first-order valence-corrected chi connectivity index (χ1v) is 14.0. The third-order valence-corrected chi connectivity index (χ3v) is 7.59. The van der Waals surface area contributed by atoms with Crippen LogP contribution < -0.4 is 16.4 Å². The van der Waals surface area contributed by atoms with Crippen LogP contribution in [0.2, 0.25) is 0 Å². The summed E-state index contributed by atoms with van der Waals surface area (Å²) in [5.41, 5.74) is 3.80. The third-order valence-electron chi connectivity index (χ3n) is 7.59. The predicted octanol–water partition coefficient (Wildman–Crippen LogP) is 3.70. The van der Waals surface area contributed by atoms with Gasteiger partial charge in [-0.05, 0) is 50.9 Å². The lowest BCUT2D eigenvalue weighted by Crippen LogP contribution is -2.67. The van der Waals surface area contributed by atoms with Crippen LogP contribution in [0.4, 0.5) is 0 Å². The summed E-state index contributed by atoms with van der Waals surface area (Å²) >= 11 is 0. The van der Waals surface area contributed by atoms with Crippen LogP contribution in [0, 0.1) is 11.3 Å². The Balaban J connectivity index is 6.28. The van der Waals surface area contributed by atoms with Gasteiger partial charge in [-0.3, -0.25) is 14.4 Å². The molecule has 0 heterocycles. The topological polar surface area (TPSA) is 131 Å². The number of nitrogens with two attached hydrogens (primary N) is 1. The predicted molar refractivity (Wildman–Crippen MR) is 152 cm³/mol. The van der Waals surface area contributed by atoms with Crippen LogP contribution >= 0.6 is 0 Å². The fourth-order valence-corrected chi connectivity index (χ4v) is 4.31. The van der Waals surface area contributed by atoms with Crippen LogP contribution in [0.5, 0.6) is 0 Å². The number of carbonyl (C=O) groups excluding carboxylic acids is 4. The number of hydrogen-bond acceptors (Lipinski definition) is 6. The fourth-order valence-electron chi connectivity index (χ4n) is 4.31. The lowest BCUT2D eigenvalue weighted by atomic mass is 9.83. The van der Waals surface area contributed by atoms with Crippen LogP contribution in [0.3, 0.4) is 0 Å². The summed E-state index contributed by atoms with van der Waals surface area (Å²) in [6.07, 6.45) is 3.28. The lowest BCUT2D eigenvalue weighted by molar-refractivity contribution is -0.143. The monoisotopic (exact) mass is 538 g/mol. The van der Waals surface area contributed by atoms with Gasteiger partial charge in [0, 0.05) is 12.6 Å². The number of carbonyl (C=O) groups is 4. The second kappa shape index (κ2) is 14.7. The highest BCUT2D eigenvalue weighted by molar-refractivity contribution is 5.97. The lowest BCUT2D eigenvalue weighted by Gasteiger charge is -2.41. The van der Waals surface area contributed by atoms with E-state index in [2.05, 4.69) is 10.6 Å². The number of nitrogens with one attached hydrogen (secondary N) is 2. The summed E-state index contributed by atoms with van der Waals surface area (Å²) in [4.78, 5) is 54.6. The molecule has 9 nitrogen and oxygen atoms in total. The smallest absolute Gasteiger partial charge is 0.333 e. The summed E-state index contributed by atoms with van der Waals surface area (Å²) in [6, 6.07) is -1.28. The van der Waals surface area contributed by atoms with Gasteiger partial charge in [0.2, 0.25) is 17.7 Å². The minimum absolute atomic E-state index is 0.00456. The van der Waals surface area contributed by atoms with Crippen molar-refractivity contribution >= 4 is 23.7 Å². The molecule has 0 saturated carbocycles. The van der Waals surface area contributed by atoms with Gasteiger partial charge >= 0.3 is 5.97 Å². The minimum atomic E-state index is -1.22. The van der Waals surface area contributed by atoms with Crippen LogP contribution in [-0.2, 0) is 23.9 Å². The number of likely N-dealkylation sites (N-methyl/N-ethyl adjacent to an activating group) is 1. The molecule has 3 amide bonds. The van der Waals surface area contributed by atoms with Crippen molar-refractivity contribution in [3.8, 4) is 0 Å². The second-order valence-electron chi connectivity index (χ2n) is 11.6. The van der Waals surface area contributed by atoms with Crippen molar-refractivity contribution in [3.05, 3.63) is 11.6 Å². The fraction of sp³-hybridized carbons (Fsp3) is 0.793. The van der Waals surface area contributed by atoms with Gasteiger partial charge in [-0.1, -0.05) is 68.4 Å². The summed E-state index contributed by atoms with van der Waals surface area (Å²) in [7, 11) is 1.67. The third kappa shape index (κ3) is 8.82. The highest BCUT2D eigenvalue weighted by Gasteiger charge is 2.45. The summed E-state index contributed by atoms with van der Waals surface area (Å²) in [5, 5.41) is 5.89. The van der Waals surface area contributed by atoms with Gasteiger partial charge in [0.15, 0.2) is 0 Å². The first-order valence-electron chi connectivity index (χ1n) is 14.0. The van der Waals surface area contributed by atoms with Gasteiger partial charge in [-0.25, -0.2) is 4.79 Å². The zero-order chi connectivity index (χ0) is 30.1. The van der Waals surface area contributed by atoms with E-state index >= 15 is 0 Å². The van der Waals surface area contributed by atoms with E-state index in [4.69, 9.17) is 10.5 Å². The molecular formula is C29H54N4O5. The maximum atomic E-state index is 13.9. The SMILES string of the molecule is CCOC(=O)/C(C)=C/[C@H](C(C)C)N(C)C(=O)C(NC(=O)C(CC)(CC)NC(=O)C(N)(CC)CC)C(C)(C)C. The number of amides is 3. The Kier molecular flexibility index (Phi) is 13.7. The molecule has 38 heavy (non-hydrogen) atoms. The van der Waals surface area contributed by atoms with Crippen molar-refractivity contribution in [2.75, 3.05) is 13.7 Å². The molecule has 9 heteroatoms. The summed E-state index contributed by atoms with van der Waals surface area (Å²) < 4.78 is 5.10.